The maximum absolute atomic E-state index is 12.7. The highest BCUT2D eigenvalue weighted by Gasteiger charge is 2.29. The van der Waals surface area contributed by atoms with Crippen molar-refractivity contribution in [1.82, 2.24) is 19.9 Å². The van der Waals surface area contributed by atoms with Gasteiger partial charge >= 0.3 is 6.18 Å². The van der Waals surface area contributed by atoms with Crippen molar-refractivity contribution in [2.75, 3.05) is 6.54 Å². The number of aryl methyl sites for hydroxylation is 2. The lowest BCUT2D eigenvalue weighted by molar-refractivity contribution is -0.137. The van der Waals surface area contributed by atoms with E-state index in [0.29, 0.717) is 30.1 Å². The summed E-state index contributed by atoms with van der Waals surface area (Å²) in [7, 11) is 0. The van der Waals surface area contributed by atoms with Gasteiger partial charge in [-0.1, -0.05) is 24.3 Å². The van der Waals surface area contributed by atoms with Gasteiger partial charge in [-0.3, -0.25) is 4.79 Å². The first-order valence-electron chi connectivity index (χ1n) is 13.0. The lowest BCUT2D eigenvalue weighted by Gasteiger charge is -2.09. The van der Waals surface area contributed by atoms with Gasteiger partial charge in [-0.15, -0.1) is 0 Å². The van der Waals surface area contributed by atoms with E-state index in [0.717, 1.165) is 49.5 Å². The maximum Gasteiger partial charge on any atom is 0.416 e. The second kappa shape index (κ2) is 13.6. The number of amides is 1. The molecule has 0 aliphatic heterocycles. The van der Waals surface area contributed by atoms with Gasteiger partial charge < -0.3 is 19.0 Å². The lowest BCUT2D eigenvalue weighted by atomic mass is 10.1. The van der Waals surface area contributed by atoms with E-state index in [1.165, 1.54) is 30.9 Å². The summed E-state index contributed by atoms with van der Waals surface area (Å²) in [6, 6.07) is 12.8. The standard InChI is InChI=1S/C30H31F3N4O3/c1-22(38)34-16-15-28-35-17-19-37(28)18-3-2-4-23-7-12-27(13-8-23)39-20-26-21-40-29(36-26)14-9-24-5-10-25(11-6-24)30(31,32)33/h5-14,17,19,21H,2-4,15-16,18,20H2,1H3,(H,34,38). The van der Waals surface area contributed by atoms with Crippen molar-refractivity contribution < 1.29 is 27.1 Å². The van der Waals surface area contributed by atoms with Gasteiger partial charge in [0.05, 0.1) is 5.56 Å². The Kier molecular flexibility index (Phi) is 9.77. The van der Waals surface area contributed by atoms with Crippen LogP contribution in [-0.2, 0) is 37.0 Å². The number of ether oxygens (including phenoxy) is 1. The summed E-state index contributed by atoms with van der Waals surface area (Å²) in [4.78, 5) is 19.8. The summed E-state index contributed by atoms with van der Waals surface area (Å²) >= 11 is 0. The molecule has 7 nitrogen and oxygen atoms in total. The van der Waals surface area contributed by atoms with Crippen LogP contribution in [0.15, 0.2) is 71.6 Å². The van der Waals surface area contributed by atoms with Gasteiger partial charge in [-0.25, -0.2) is 9.97 Å². The fourth-order valence-electron chi connectivity index (χ4n) is 4.06. The van der Waals surface area contributed by atoms with Gasteiger partial charge in [0.1, 0.15) is 30.1 Å². The summed E-state index contributed by atoms with van der Waals surface area (Å²) in [6.07, 6.45) is 7.85. The number of hydrogen-bond acceptors (Lipinski definition) is 5. The number of alkyl halides is 3. The Balaban J connectivity index is 1.17. The Morgan fingerprint density at radius 2 is 1.82 bits per heavy atom. The fraction of sp³-hybridized carbons (Fsp3) is 0.300. The number of nitrogens with zero attached hydrogens (tertiary/aromatic N) is 3. The molecule has 0 aliphatic rings. The van der Waals surface area contributed by atoms with Crippen LogP contribution in [0.4, 0.5) is 13.2 Å². The molecule has 4 rings (SSSR count). The van der Waals surface area contributed by atoms with Crippen LogP contribution < -0.4 is 10.1 Å². The molecule has 40 heavy (non-hydrogen) atoms. The molecule has 1 N–H and O–H groups in total. The summed E-state index contributed by atoms with van der Waals surface area (Å²) in [5, 5.41) is 2.80. The molecular weight excluding hydrogens is 521 g/mol. The molecule has 0 bridgehead atoms. The molecule has 0 unspecified atom stereocenters. The van der Waals surface area contributed by atoms with Crippen molar-refractivity contribution in [2.45, 2.75) is 51.9 Å². The number of benzene rings is 2. The number of aromatic nitrogens is 3. The van der Waals surface area contributed by atoms with Gasteiger partial charge in [0, 0.05) is 44.9 Å². The highest BCUT2D eigenvalue weighted by Crippen LogP contribution is 2.29. The predicted octanol–water partition coefficient (Wildman–Crippen LogP) is 6.34. The first kappa shape index (κ1) is 28.7. The highest BCUT2D eigenvalue weighted by molar-refractivity contribution is 5.72. The number of unbranched alkanes of at least 4 members (excludes halogenated alkanes) is 1. The van der Waals surface area contributed by atoms with E-state index in [1.54, 1.807) is 18.3 Å². The van der Waals surface area contributed by atoms with Crippen molar-refractivity contribution in [3.63, 3.8) is 0 Å². The summed E-state index contributed by atoms with van der Waals surface area (Å²) in [5.74, 6) is 2.00. The average Bonchev–Trinajstić information content (AvgIpc) is 3.58. The van der Waals surface area contributed by atoms with E-state index in [4.69, 9.17) is 9.15 Å². The monoisotopic (exact) mass is 552 g/mol. The van der Waals surface area contributed by atoms with Crippen LogP contribution in [0.3, 0.4) is 0 Å². The van der Waals surface area contributed by atoms with E-state index in [9.17, 15) is 18.0 Å². The summed E-state index contributed by atoms with van der Waals surface area (Å²) in [5.41, 5.74) is 1.74. The second-order valence-electron chi connectivity index (χ2n) is 9.29. The molecule has 2 aromatic heterocycles. The van der Waals surface area contributed by atoms with E-state index < -0.39 is 11.7 Å². The number of imidazole rings is 1. The Morgan fingerprint density at radius 3 is 2.55 bits per heavy atom. The third-order valence-corrected chi connectivity index (χ3v) is 6.17. The SMILES string of the molecule is CC(=O)NCCc1nccn1CCCCc1ccc(OCc2coc(C=Cc3ccc(C(F)(F)F)cc3)n2)cc1. The smallest absolute Gasteiger partial charge is 0.416 e. The molecule has 1 amide bonds. The number of halogens is 3. The number of nitrogens with one attached hydrogen (secondary N) is 1. The Bertz CT molecular complexity index is 1390. The van der Waals surface area contributed by atoms with Crippen molar-refractivity contribution in [3.8, 4) is 5.75 Å². The Morgan fingerprint density at radius 1 is 1.05 bits per heavy atom. The second-order valence-corrected chi connectivity index (χ2v) is 9.29. The van der Waals surface area contributed by atoms with Gasteiger partial charge in [0.2, 0.25) is 11.8 Å². The van der Waals surface area contributed by atoms with Crippen molar-refractivity contribution in [2.24, 2.45) is 0 Å². The van der Waals surface area contributed by atoms with Gasteiger partial charge in [0.15, 0.2) is 0 Å². The first-order chi connectivity index (χ1) is 19.3. The van der Waals surface area contributed by atoms with Gasteiger partial charge in [0.25, 0.3) is 0 Å². The highest BCUT2D eigenvalue weighted by atomic mass is 19.4. The van der Waals surface area contributed by atoms with Crippen molar-refractivity contribution >= 4 is 18.1 Å². The molecule has 2 aromatic carbocycles. The minimum absolute atomic E-state index is 0.0353. The van der Waals surface area contributed by atoms with Crippen LogP contribution in [0.2, 0.25) is 0 Å². The van der Waals surface area contributed by atoms with E-state index in [1.807, 2.05) is 30.5 Å². The predicted molar refractivity (Wildman–Crippen MR) is 145 cm³/mol. The molecular formula is C30H31F3N4O3. The normalized spacial score (nSPS) is 11.7. The Labute approximate surface area is 230 Å². The van der Waals surface area contributed by atoms with Crippen molar-refractivity contribution in [3.05, 3.63) is 101 Å². The zero-order valence-electron chi connectivity index (χ0n) is 22.2. The Hall–Kier alpha value is -4.34. The number of hydrogen-bond donors (Lipinski definition) is 1. The molecule has 210 valence electrons. The molecule has 0 saturated heterocycles. The number of carbonyl (C=O) groups is 1. The first-order valence-corrected chi connectivity index (χ1v) is 13.0. The molecule has 0 atom stereocenters. The fourth-order valence-corrected chi connectivity index (χ4v) is 4.06. The lowest BCUT2D eigenvalue weighted by Crippen LogP contribution is -2.23. The number of rotatable bonds is 13. The molecule has 4 aromatic rings. The molecule has 2 heterocycles. The van der Waals surface area contributed by atoms with Crippen LogP contribution >= 0.6 is 0 Å². The van der Waals surface area contributed by atoms with E-state index in [2.05, 4.69) is 19.9 Å². The van der Waals surface area contributed by atoms with Crippen LogP contribution in [-0.4, -0.2) is 27.0 Å². The average molecular weight is 553 g/mol. The molecule has 0 spiro atoms. The third kappa shape index (κ3) is 8.86. The van der Waals surface area contributed by atoms with Crippen LogP contribution in [0, 0.1) is 0 Å². The zero-order valence-corrected chi connectivity index (χ0v) is 22.2. The van der Waals surface area contributed by atoms with Crippen molar-refractivity contribution in [1.29, 1.82) is 0 Å². The van der Waals surface area contributed by atoms with E-state index >= 15 is 0 Å². The van der Waals surface area contributed by atoms with Gasteiger partial charge in [-0.2, -0.15) is 13.2 Å². The summed E-state index contributed by atoms with van der Waals surface area (Å²) in [6.45, 7) is 3.21. The molecule has 10 heteroatoms. The van der Waals surface area contributed by atoms with Gasteiger partial charge in [-0.05, 0) is 60.7 Å². The summed E-state index contributed by atoms with van der Waals surface area (Å²) < 4.78 is 51.4. The third-order valence-electron chi connectivity index (χ3n) is 6.17. The largest absolute Gasteiger partial charge is 0.487 e. The van der Waals surface area contributed by atoms with Crippen LogP contribution in [0.5, 0.6) is 5.75 Å². The molecule has 0 saturated carbocycles. The molecule has 0 fully saturated rings. The van der Waals surface area contributed by atoms with E-state index in [-0.39, 0.29) is 12.5 Å². The minimum Gasteiger partial charge on any atom is -0.487 e. The maximum atomic E-state index is 12.7. The molecule has 0 radical (unpaired) electrons. The minimum atomic E-state index is -4.36. The quantitative estimate of drug-likeness (QED) is 0.196. The number of oxazole rings is 1. The molecule has 0 aliphatic carbocycles. The zero-order chi connectivity index (χ0) is 28.4. The van der Waals surface area contributed by atoms with Crippen LogP contribution in [0.25, 0.3) is 12.2 Å². The topological polar surface area (TPSA) is 82.2 Å². The number of carbonyl (C=O) groups excluding carboxylic acids is 1. The van der Waals surface area contributed by atoms with Crippen LogP contribution in [0.1, 0.15) is 53.9 Å².